The summed E-state index contributed by atoms with van der Waals surface area (Å²) in [5.41, 5.74) is 6.05. The van der Waals surface area contributed by atoms with Crippen LogP contribution in [0.2, 0.25) is 0 Å². The average Bonchev–Trinajstić information content (AvgIpc) is 2.34. The number of nitrogens with two attached hydrogens (primary N) is 1. The van der Waals surface area contributed by atoms with Gasteiger partial charge in [0.2, 0.25) is 0 Å². The van der Waals surface area contributed by atoms with E-state index < -0.39 is 11.7 Å². The third-order valence-electron chi connectivity index (χ3n) is 2.42. The first-order valence-corrected chi connectivity index (χ1v) is 6.19. The van der Waals surface area contributed by atoms with Crippen molar-refractivity contribution < 1.29 is 14.3 Å². The minimum atomic E-state index is -0.530. The Morgan fingerprint density at radius 1 is 1.42 bits per heavy atom. The normalized spacial score (nSPS) is 12.7. The molecule has 0 aliphatic heterocycles. The molecular formula is C14H22N2O3. The van der Waals surface area contributed by atoms with E-state index in [4.69, 9.17) is 15.2 Å². The van der Waals surface area contributed by atoms with E-state index in [1.165, 1.54) is 0 Å². The minimum Gasteiger partial charge on any atom is -0.497 e. The molecule has 106 valence electrons. The summed E-state index contributed by atoms with van der Waals surface area (Å²) in [6, 6.07) is 7.12. The number of ether oxygens (including phenoxy) is 2. The Kier molecular flexibility index (Phi) is 5.18. The summed E-state index contributed by atoms with van der Waals surface area (Å²) in [7, 11) is 1.60. The van der Waals surface area contributed by atoms with Gasteiger partial charge in [-0.15, -0.1) is 0 Å². The van der Waals surface area contributed by atoms with Crippen molar-refractivity contribution in [2.75, 3.05) is 13.7 Å². The number of rotatable bonds is 4. The number of alkyl carbamates (subject to hydrolysis) is 1. The van der Waals surface area contributed by atoms with Gasteiger partial charge in [0.15, 0.2) is 0 Å². The highest BCUT2D eigenvalue weighted by molar-refractivity contribution is 5.68. The van der Waals surface area contributed by atoms with Crippen LogP contribution in [0, 0.1) is 0 Å². The van der Waals surface area contributed by atoms with Gasteiger partial charge in [0.05, 0.1) is 13.2 Å². The van der Waals surface area contributed by atoms with Gasteiger partial charge in [-0.1, -0.05) is 12.1 Å². The van der Waals surface area contributed by atoms with Crippen LogP contribution in [0.5, 0.6) is 5.75 Å². The number of methoxy groups -OCH3 is 1. The van der Waals surface area contributed by atoms with Gasteiger partial charge in [-0.3, -0.25) is 0 Å². The summed E-state index contributed by atoms with van der Waals surface area (Å²) in [5.74, 6) is 0.724. The number of nitrogens with one attached hydrogen (secondary N) is 1. The molecule has 0 saturated heterocycles. The van der Waals surface area contributed by atoms with E-state index in [9.17, 15) is 4.79 Å². The van der Waals surface area contributed by atoms with Gasteiger partial charge < -0.3 is 20.5 Å². The highest BCUT2D eigenvalue weighted by Crippen LogP contribution is 2.19. The molecule has 1 aromatic rings. The summed E-state index contributed by atoms with van der Waals surface area (Å²) in [5, 5.41) is 2.75. The molecule has 1 rings (SSSR count). The predicted octanol–water partition coefficient (Wildman–Crippen LogP) is 2.22. The number of amides is 1. The monoisotopic (exact) mass is 266 g/mol. The Hall–Kier alpha value is -1.75. The van der Waals surface area contributed by atoms with Crippen LogP contribution in [0.25, 0.3) is 0 Å². The van der Waals surface area contributed by atoms with Crippen LogP contribution in [0.1, 0.15) is 32.4 Å². The Morgan fingerprint density at radius 2 is 2.11 bits per heavy atom. The summed E-state index contributed by atoms with van der Waals surface area (Å²) in [6.45, 7) is 5.73. The number of carbonyl (C=O) groups is 1. The molecule has 0 aliphatic rings. The smallest absolute Gasteiger partial charge is 0.408 e. The van der Waals surface area contributed by atoms with Crippen molar-refractivity contribution in [2.24, 2.45) is 5.73 Å². The first kappa shape index (κ1) is 15.3. The molecule has 1 amide bonds. The number of carbonyl (C=O) groups excluding carboxylic acids is 1. The highest BCUT2D eigenvalue weighted by atomic mass is 16.6. The maximum absolute atomic E-state index is 11.7. The van der Waals surface area contributed by atoms with E-state index in [0.29, 0.717) is 0 Å². The molecule has 0 radical (unpaired) electrons. The fourth-order valence-corrected chi connectivity index (χ4v) is 1.59. The molecule has 0 aliphatic carbocycles. The number of hydrogen-bond donors (Lipinski definition) is 2. The second kappa shape index (κ2) is 6.43. The first-order chi connectivity index (χ1) is 8.85. The maximum atomic E-state index is 11.7. The molecule has 1 aromatic carbocycles. The Balaban J connectivity index is 2.75. The van der Waals surface area contributed by atoms with Crippen molar-refractivity contribution in [1.82, 2.24) is 5.32 Å². The van der Waals surface area contributed by atoms with Crippen LogP contribution >= 0.6 is 0 Å². The fraction of sp³-hybridized carbons (Fsp3) is 0.500. The van der Waals surface area contributed by atoms with E-state index in [1.54, 1.807) is 7.11 Å². The average molecular weight is 266 g/mol. The molecule has 0 bridgehead atoms. The van der Waals surface area contributed by atoms with Crippen LogP contribution < -0.4 is 15.8 Å². The number of hydrogen-bond acceptors (Lipinski definition) is 4. The lowest BCUT2D eigenvalue weighted by molar-refractivity contribution is 0.0505. The third kappa shape index (κ3) is 5.18. The van der Waals surface area contributed by atoms with Crippen molar-refractivity contribution >= 4 is 6.09 Å². The zero-order valence-corrected chi connectivity index (χ0v) is 11.9. The van der Waals surface area contributed by atoms with E-state index in [2.05, 4.69) is 5.32 Å². The Bertz CT molecular complexity index is 427. The van der Waals surface area contributed by atoms with E-state index in [-0.39, 0.29) is 12.6 Å². The van der Waals surface area contributed by atoms with Crippen molar-refractivity contribution in [3.63, 3.8) is 0 Å². The highest BCUT2D eigenvalue weighted by Gasteiger charge is 2.19. The SMILES string of the molecule is COc1cccc(C(CN)NC(=O)OC(C)(C)C)c1. The Morgan fingerprint density at radius 3 is 2.63 bits per heavy atom. The van der Waals surface area contributed by atoms with Crippen LogP contribution in [0.3, 0.4) is 0 Å². The molecule has 5 heteroatoms. The molecule has 0 spiro atoms. The van der Waals surface area contributed by atoms with Crippen LogP contribution in [-0.4, -0.2) is 25.3 Å². The lowest BCUT2D eigenvalue weighted by atomic mass is 10.1. The van der Waals surface area contributed by atoms with Gasteiger partial charge >= 0.3 is 6.09 Å². The zero-order chi connectivity index (χ0) is 14.5. The molecule has 19 heavy (non-hydrogen) atoms. The lowest BCUT2D eigenvalue weighted by Gasteiger charge is -2.23. The second-order valence-electron chi connectivity index (χ2n) is 5.21. The number of benzene rings is 1. The topological polar surface area (TPSA) is 73.6 Å². The molecule has 0 saturated carbocycles. The largest absolute Gasteiger partial charge is 0.497 e. The summed E-state index contributed by atoms with van der Waals surface area (Å²) in [4.78, 5) is 11.7. The predicted molar refractivity (Wildman–Crippen MR) is 74.2 cm³/mol. The van der Waals surface area contributed by atoms with Gasteiger partial charge in [-0.05, 0) is 38.5 Å². The summed E-state index contributed by atoms with van der Waals surface area (Å²) >= 11 is 0. The third-order valence-corrected chi connectivity index (χ3v) is 2.42. The zero-order valence-electron chi connectivity index (χ0n) is 11.9. The van der Waals surface area contributed by atoms with E-state index in [0.717, 1.165) is 11.3 Å². The maximum Gasteiger partial charge on any atom is 0.408 e. The molecule has 0 fully saturated rings. The molecule has 1 unspecified atom stereocenters. The van der Waals surface area contributed by atoms with Gasteiger partial charge in [0, 0.05) is 6.54 Å². The fourth-order valence-electron chi connectivity index (χ4n) is 1.59. The molecule has 3 N–H and O–H groups in total. The van der Waals surface area contributed by atoms with Crippen molar-refractivity contribution in [3.8, 4) is 5.75 Å². The van der Waals surface area contributed by atoms with E-state index in [1.807, 2.05) is 45.0 Å². The van der Waals surface area contributed by atoms with Gasteiger partial charge in [-0.25, -0.2) is 4.79 Å². The van der Waals surface area contributed by atoms with Crippen molar-refractivity contribution in [2.45, 2.75) is 32.4 Å². The van der Waals surface area contributed by atoms with Crippen molar-refractivity contribution in [1.29, 1.82) is 0 Å². The first-order valence-electron chi connectivity index (χ1n) is 6.19. The Labute approximate surface area is 114 Å². The molecular weight excluding hydrogens is 244 g/mol. The molecule has 1 atom stereocenters. The van der Waals surface area contributed by atoms with Gasteiger partial charge in [0.1, 0.15) is 11.4 Å². The van der Waals surface area contributed by atoms with Gasteiger partial charge in [0.25, 0.3) is 0 Å². The quantitative estimate of drug-likeness (QED) is 0.876. The second-order valence-corrected chi connectivity index (χ2v) is 5.21. The lowest BCUT2D eigenvalue weighted by Crippen LogP contribution is -2.37. The van der Waals surface area contributed by atoms with Gasteiger partial charge in [-0.2, -0.15) is 0 Å². The minimum absolute atomic E-state index is 0.284. The summed E-state index contributed by atoms with van der Waals surface area (Å²) < 4.78 is 10.4. The molecule has 0 aromatic heterocycles. The molecule has 5 nitrogen and oxygen atoms in total. The molecule has 0 heterocycles. The standard InChI is InChI=1S/C14H22N2O3/c1-14(2,3)19-13(17)16-12(9-15)10-6-5-7-11(8-10)18-4/h5-8,12H,9,15H2,1-4H3,(H,16,17). The van der Waals surface area contributed by atoms with Crippen LogP contribution in [0.4, 0.5) is 4.79 Å². The van der Waals surface area contributed by atoms with Crippen LogP contribution in [-0.2, 0) is 4.74 Å². The van der Waals surface area contributed by atoms with Crippen LogP contribution in [0.15, 0.2) is 24.3 Å². The van der Waals surface area contributed by atoms with Crippen molar-refractivity contribution in [3.05, 3.63) is 29.8 Å². The summed E-state index contributed by atoms with van der Waals surface area (Å²) in [6.07, 6.45) is -0.481. The van der Waals surface area contributed by atoms with E-state index >= 15 is 0 Å².